The van der Waals surface area contributed by atoms with Crippen molar-refractivity contribution in [3.8, 4) is 0 Å². The van der Waals surface area contributed by atoms with E-state index in [1.807, 2.05) is 0 Å². The molecule has 0 saturated heterocycles. The first-order chi connectivity index (χ1) is 13.5. The number of para-hydroxylation sites is 1. The van der Waals surface area contributed by atoms with Crippen LogP contribution in [0.15, 0.2) is 36.7 Å². The minimum atomic E-state index is -4.94. The predicted molar refractivity (Wildman–Crippen MR) is 99.4 cm³/mol. The van der Waals surface area contributed by atoms with Crippen LogP contribution in [0.25, 0.3) is 10.9 Å². The van der Waals surface area contributed by atoms with Gasteiger partial charge in [-0.2, -0.15) is 13.2 Å². The number of aryl methyl sites for hydroxylation is 2. The van der Waals surface area contributed by atoms with Crippen molar-refractivity contribution in [3.63, 3.8) is 0 Å². The minimum Gasteiger partial charge on any atom is -0.384 e. The third-order valence-corrected chi connectivity index (χ3v) is 4.61. The van der Waals surface area contributed by atoms with Crippen LogP contribution < -0.4 is 5.32 Å². The molecule has 1 atom stereocenters. The number of nitrogens with one attached hydrogen (secondary N) is 1. The van der Waals surface area contributed by atoms with Gasteiger partial charge < -0.3 is 15.0 Å². The molecule has 29 heavy (non-hydrogen) atoms. The Morgan fingerprint density at radius 2 is 2.07 bits per heavy atom. The maximum atomic E-state index is 13.6. The standard InChI is InChI=1S/C18H18F3N5O3/c1-11-10-13(12-4-3-5-14(26(28)29)15(12)24-11)22-7-6-17(27,18(19,20)21)16-23-8-9-25(16)2/h3-5,8-10,27H,6-7H2,1-2H3,(H,22,24). The monoisotopic (exact) mass is 409 g/mol. The van der Waals surface area contributed by atoms with E-state index >= 15 is 0 Å². The van der Waals surface area contributed by atoms with Gasteiger partial charge >= 0.3 is 6.18 Å². The van der Waals surface area contributed by atoms with Crippen molar-refractivity contribution >= 4 is 22.3 Å². The Bertz CT molecular complexity index is 1070. The van der Waals surface area contributed by atoms with Gasteiger partial charge in [0.05, 0.1) is 4.92 Å². The van der Waals surface area contributed by atoms with Gasteiger partial charge in [-0.15, -0.1) is 0 Å². The quantitative estimate of drug-likeness (QED) is 0.477. The van der Waals surface area contributed by atoms with Crippen molar-refractivity contribution in [2.75, 3.05) is 11.9 Å². The van der Waals surface area contributed by atoms with E-state index in [4.69, 9.17) is 0 Å². The Hall–Kier alpha value is -3.21. The molecule has 3 rings (SSSR count). The number of rotatable bonds is 6. The number of nitro benzene ring substituents is 1. The molecule has 2 heterocycles. The van der Waals surface area contributed by atoms with E-state index in [2.05, 4.69) is 15.3 Å². The maximum absolute atomic E-state index is 13.6. The summed E-state index contributed by atoms with van der Waals surface area (Å²) in [5.74, 6) is -0.516. The summed E-state index contributed by atoms with van der Waals surface area (Å²) in [4.78, 5) is 18.5. The van der Waals surface area contributed by atoms with Crippen molar-refractivity contribution in [2.24, 2.45) is 7.05 Å². The second-order valence-corrected chi connectivity index (χ2v) is 6.64. The van der Waals surface area contributed by atoms with Crippen LogP contribution in [0.5, 0.6) is 0 Å². The highest BCUT2D eigenvalue weighted by Gasteiger charge is 2.57. The molecular weight excluding hydrogens is 391 g/mol. The summed E-state index contributed by atoms with van der Waals surface area (Å²) in [6, 6.07) is 5.95. The number of hydrogen-bond donors (Lipinski definition) is 2. The lowest BCUT2D eigenvalue weighted by molar-refractivity contribution is -0.383. The van der Waals surface area contributed by atoms with Crippen LogP contribution in [-0.2, 0) is 12.6 Å². The fourth-order valence-corrected chi connectivity index (χ4v) is 3.18. The Labute approximate surface area is 163 Å². The van der Waals surface area contributed by atoms with E-state index in [0.29, 0.717) is 16.8 Å². The average molecular weight is 409 g/mol. The Morgan fingerprint density at radius 1 is 1.34 bits per heavy atom. The number of fused-ring (bicyclic) bond motifs is 1. The van der Waals surface area contributed by atoms with Gasteiger partial charge in [-0.3, -0.25) is 10.1 Å². The summed E-state index contributed by atoms with van der Waals surface area (Å²) in [6.45, 7) is 1.37. The zero-order valence-corrected chi connectivity index (χ0v) is 15.6. The summed E-state index contributed by atoms with van der Waals surface area (Å²) in [5, 5.41) is 24.9. The molecule has 1 unspecified atom stereocenters. The van der Waals surface area contributed by atoms with Crippen LogP contribution >= 0.6 is 0 Å². The van der Waals surface area contributed by atoms with E-state index in [-0.39, 0.29) is 17.7 Å². The van der Waals surface area contributed by atoms with E-state index in [1.165, 1.54) is 31.6 Å². The van der Waals surface area contributed by atoms with E-state index < -0.39 is 28.9 Å². The lowest BCUT2D eigenvalue weighted by Crippen LogP contribution is -2.45. The van der Waals surface area contributed by atoms with Gasteiger partial charge in [0.2, 0.25) is 5.60 Å². The number of benzene rings is 1. The third kappa shape index (κ3) is 3.73. The number of non-ortho nitro benzene ring substituents is 1. The molecule has 3 aromatic rings. The number of alkyl halides is 3. The SMILES string of the molecule is Cc1cc(NCCC(O)(c2nccn2C)C(F)(F)F)c2cccc([N+](=O)[O-])c2n1. The van der Waals surface area contributed by atoms with Crippen LogP contribution in [0, 0.1) is 17.0 Å². The molecule has 8 nitrogen and oxygen atoms in total. The molecular formula is C18H18F3N5O3. The number of imidazole rings is 1. The summed E-state index contributed by atoms with van der Waals surface area (Å²) in [7, 11) is 1.37. The first kappa shape index (κ1) is 20.5. The molecule has 0 aliphatic rings. The Kier molecular flexibility index (Phi) is 5.18. The van der Waals surface area contributed by atoms with Crippen molar-refractivity contribution in [2.45, 2.75) is 25.1 Å². The van der Waals surface area contributed by atoms with Crippen molar-refractivity contribution < 1.29 is 23.2 Å². The van der Waals surface area contributed by atoms with Crippen LogP contribution in [0.2, 0.25) is 0 Å². The molecule has 1 aromatic carbocycles. The number of aliphatic hydroxyl groups is 1. The summed E-state index contributed by atoms with van der Waals surface area (Å²) >= 11 is 0. The molecule has 0 spiro atoms. The predicted octanol–water partition coefficient (Wildman–Crippen LogP) is 3.44. The average Bonchev–Trinajstić information content (AvgIpc) is 3.06. The number of anilines is 1. The first-order valence-electron chi connectivity index (χ1n) is 8.60. The molecule has 0 aliphatic carbocycles. The van der Waals surface area contributed by atoms with Gasteiger partial charge in [0.25, 0.3) is 5.69 Å². The van der Waals surface area contributed by atoms with Crippen LogP contribution in [0.1, 0.15) is 17.9 Å². The van der Waals surface area contributed by atoms with Gasteiger partial charge in [-0.25, -0.2) is 9.97 Å². The zero-order valence-electron chi connectivity index (χ0n) is 15.6. The van der Waals surface area contributed by atoms with Gasteiger partial charge in [0.1, 0.15) is 5.82 Å². The number of aromatic nitrogens is 3. The molecule has 0 aliphatic heterocycles. The van der Waals surface area contributed by atoms with Gasteiger partial charge in [-0.1, -0.05) is 12.1 Å². The topological polar surface area (TPSA) is 106 Å². The van der Waals surface area contributed by atoms with Crippen molar-refractivity contribution in [1.82, 2.24) is 14.5 Å². The van der Waals surface area contributed by atoms with E-state index in [9.17, 15) is 28.4 Å². The highest BCUT2D eigenvalue weighted by Crippen LogP contribution is 2.41. The molecule has 2 N–H and O–H groups in total. The number of pyridine rings is 1. The van der Waals surface area contributed by atoms with Crippen molar-refractivity contribution in [3.05, 3.63) is 58.3 Å². The van der Waals surface area contributed by atoms with Crippen LogP contribution in [0.3, 0.4) is 0 Å². The number of nitrogens with zero attached hydrogens (tertiary/aromatic N) is 4. The number of nitro groups is 1. The molecule has 0 fully saturated rings. The number of halogens is 3. The second-order valence-electron chi connectivity index (χ2n) is 6.64. The lowest BCUT2D eigenvalue weighted by Gasteiger charge is -2.30. The lowest BCUT2D eigenvalue weighted by atomic mass is 9.97. The Balaban J connectivity index is 1.92. The smallest absolute Gasteiger partial charge is 0.384 e. The highest BCUT2D eigenvalue weighted by atomic mass is 19.4. The van der Waals surface area contributed by atoms with Crippen LogP contribution in [0.4, 0.5) is 24.5 Å². The highest BCUT2D eigenvalue weighted by molar-refractivity contribution is 5.96. The maximum Gasteiger partial charge on any atom is 0.424 e. The van der Waals surface area contributed by atoms with E-state index in [0.717, 1.165) is 4.57 Å². The number of hydrogen-bond acceptors (Lipinski definition) is 6. The fourth-order valence-electron chi connectivity index (χ4n) is 3.18. The normalized spacial score (nSPS) is 14.0. The van der Waals surface area contributed by atoms with E-state index in [1.54, 1.807) is 19.1 Å². The summed E-state index contributed by atoms with van der Waals surface area (Å²) in [5.41, 5.74) is -2.36. The summed E-state index contributed by atoms with van der Waals surface area (Å²) < 4.78 is 42.0. The largest absolute Gasteiger partial charge is 0.424 e. The second kappa shape index (κ2) is 7.32. The summed E-state index contributed by atoms with van der Waals surface area (Å²) in [6.07, 6.45) is -3.15. The molecule has 11 heteroatoms. The minimum absolute atomic E-state index is 0.134. The van der Waals surface area contributed by atoms with Crippen LogP contribution in [-0.4, -0.2) is 37.3 Å². The fraction of sp³-hybridized carbons (Fsp3) is 0.333. The van der Waals surface area contributed by atoms with Gasteiger partial charge in [0, 0.05) is 55.2 Å². The Morgan fingerprint density at radius 3 is 2.66 bits per heavy atom. The molecule has 0 bridgehead atoms. The third-order valence-electron chi connectivity index (χ3n) is 4.61. The molecule has 2 aromatic heterocycles. The first-order valence-corrected chi connectivity index (χ1v) is 8.60. The van der Waals surface area contributed by atoms with Gasteiger partial charge in [-0.05, 0) is 13.0 Å². The van der Waals surface area contributed by atoms with Gasteiger partial charge in [0.15, 0.2) is 5.52 Å². The van der Waals surface area contributed by atoms with Crippen molar-refractivity contribution in [1.29, 1.82) is 0 Å². The molecule has 0 saturated carbocycles. The molecule has 0 amide bonds. The zero-order chi connectivity index (χ0) is 21.4. The molecule has 0 radical (unpaired) electrons. The molecule has 154 valence electrons.